The number of nitrogens with zero attached hydrogens (tertiary/aromatic N) is 2. The van der Waals surface area contributed by atoms with Crippen molar-refractivity contribution in [2.45, 2.75) is 84.2 Å². The molecule has 1 unspecified atom stereocenters. The van der Waals surface area contributed by atoms with E-state index in [1.54, 1.807) is 36.4 Å². The van der Waals surface area contributed by atoms with E-state index in [1.165, 1.54) is 0 Å². The number of likely N-dealkylation sites (tertiary alicyclic amines) is 2. The first-order valence-corrected chi connectivity index (χ1v) is 17.6. The third-order valence-electron chi connectivity index (χ3n) is 13.3. The number of carbonyl (C=O) groups is 1. The molecule has 2 aromatic carbocycles. The van der Waals surface area contributed by atoms with Crippen LogP contribution in [-0.2, 0) is 23.7 Å². The van der Waals surface area contributed by atoms with Crippen LogP contribution >= 0.6 is 0 Å². The van der Waals surface area contributed by atoms with Gasteiger partial charge in [0.15, 0.2) is 23.0 Å². The highest BCUT2D eigenvalue weighted by atomic mass is 16.7. The zero-order valence-corrected chi connectivity index (χ0v) is 27.5. The van der Waals surface area contributed by atoms with Crippen LogP contribution < -0.4 is 18.9 Å². The van der Waals surface area contributed by atoms with Crippen molar-refractivity contribution in [1.29, 1.82) is 0 Å². The van der Waals surface area contributed by atoms with E-state index in [9.17, 15) is 25.2 Å². The van der Waals surface area contributed by atoms with E-state index in [2.05, 4.69) is 23.0 Å². The van der Waals surface area contributed by atoms with Gasteiger partial charge >= 0.3 is 6.16 Å². The van der Waals surface area contributed by atoms with Gasteiger partial charge in [0.1, 0.15) is 35.6 Å². The average molecular weight is 681 g/mol. The Morgan fingerprint density at radius 1 is 0.780 bits per heavy atom. The molecule has 0 radical (unpaired) electrons. The number of carbonyl (C=O) groups excluding carboxylic acids is 1. The summed E-state index contributed by atoms with van der Waals surface area (Å²) in [5.74, 6) is 0.920. The Bertz CT molecular complexity index is 1810. The van der Waals surface area contributed by atoms with Crippen molar-refractivity contribution < 1.29 is 44.2 Å². The minimum absolute atomic E-state index is 0.132. The number of aliphatic hydroxyl groups is 4. The number of rotatable bonds is 6. The molecule has 8 aliphatic rings. The molecule has 4 aliphatic heterocycles. The summed E-state index contributed by atoms with van der Waals surface area (Å²) in [4.78, 5) is 18.1. The maximum absolute atomic E-state index is 13.6. The van der Waals surface area contributed by atoms with Crippen molar-refractivity contribution in [3.8, 4) is 23.0 Å². The molecule has 2 saturated heterocycles. The number of hydrogen-bond acceptors (Lipinski definition) is 11. The van der Waals surface area contributed by atoms with Gasteiger partial charge in [-0.25, -0.2) is 4.79 Å². The summed E-state index contributed by atoms with van der Waals surface area (Å²) in [7, 11) is 0. The summed E-state index contributed by atoms with van der Waals surface area (Å²) < 4.78 is 24.7. The molecule has 10 atom stereocenters. The summed E-state index contributed by atoms with van der Waals surface area (Å²) in [6.45, 7) is 10.4. The SMILES string of the molecule is C=CCN1CC[C@]23c4c5ccc(OC(=O)Oc6ccc7c8c6O[C@H]6[C@@H](O)C=C[C@@]9(O)[C@@H](C7)N(CC=C)CC[C@]869)c4O[C@H]2[C@@H](O)C=C[C@@]3(O)C1C5. The second-order valence-electron chi connectivity index (χ2n) is 15.2. The first-order chi connectivity index (χ1) is 24.1. The van der Waals surface area contributed by atoms with Crippen molar-refractivity contribution >= 4 is 6.16 Å². The molecule has 50 heavy (non-hydrogen) atoms. The summed E-state index contributed by atoms with van der Waals surface area (Å²) in [6, 6.07) is 6.68. The topological polar surface area (TPSA) is 141 Å². The molecule has 4 aliphatic carbocycles. The third kappa shape index (κ3) is 3.44. The Morgan fingerprint density at radius 2 is 1.22 bits per heavy atom. The van der Waals surface area contributed by atoms with Crippen LogP contribution in [0.5, 0.6) is 23.0 Å². The minimum atomic E-state index is -1.31. The van der Waals surface area contributed by atoms with Crippen LogP contribution in [0.3, 0.4) is 0 Å². The van der Waals surface area contributed by atoms with Gasteiger partial charge < -0.3 is 39.4 Å². The molecule has 10 rings (SSSR count). The Balaban J connectivity index is 0.997. The molecule has 0 saturated carbocycles. The molecule has 0 amide bonds. The molecule has 2 spiro atoms. The molecule has 4 bridgehead atoms. The van der Waals surface area contributed by atoms with Gasteiger partial charge in [-0.15, -0.1) is 13.2 Å². The summed E-state index contributed by atoms with van der Waals surface area (Å²) >= 11 is 0. The highest BCUT2D eigenvalue weighted by molar-refractivity contribution is 5.74. The van der Waals surface area contributed by atoms with Crippen molar-refractivity contribution in [3.63, 3.8) is 0 Å². The zero-order valence-electron chi connectivity index (χ0n) is 27.5. The summed E-state index contributed by atoms with van der Waals surface area (Å²) in [5.41, 5.74) is -0.969. The highest BCUT2D eigenvalue weighted by Gasteiger charge is 2.73. The molecule has 4 heterocycles. The molecule has 260 valence electrons. The Kier molecular flexibility index (Phi) is 6.22. The number of piperidine rings is 2. The third-order valence-corrected chi connectivity index (χ3v) is 13.3. The lowest BCUT2D eigenvalue weighted by Crippen LogP contribution is -2.75. The Morgan fingerprint density at radius 3 is 1.64 bits per heavy atom. The van der Waals surface area contributed by atoms with Gasteiger partial charge in [0, 0.05) is 49.4 Å². The fourth-order valence-corrected chi connectivity index (χ4v) is 11.4. The minimum Gasteiger partial charge on any atom is -0.482 e. The van der Waals surface area contributed by atoms with E-state index in [1.807, 2.05) is 24.3 Å². The van der Waals surface area contributed by atoms with Crippen LogP contribution in [0.2, 0.25) is 0 Å². The molecule has 11 nitrogen and oxygen atoms in total. The zero-order chi connectivity index (χ0) is 34.4. The van der Waals surface area contributed by atoms with E-state index in [0.717, 1.165) is 22.3 Å². The van der Waals surface area contributed by atoms with Gasteiger partial charge in [-0.05, 0) is 48.9 Å². The van der Waals surface area contributed by atoms with Crippen LogP contribution in [0.1, 0.15) is 35.1 Å². The van der Waals surface area contributed by atoms with Crippen LogP contribution in [0.15, 0.2) is 73.9 Å². The van der Waals surface area contributed by atoms with E-state index in [4.69, 9.17) is 18.9 Å². The number of ether oxygens (including phenoxy) is 4. The van der Waals surface area contributed by atoms with Gasteiger partial charge in [-0.2, -0.15) is 0 Å². The lowest BCUT2D eigenvalue weighted by Gasteiger charge is -2.61. The highest BCUT2D eigenvalue weighted by Crippen LogP contribution is 2.66. The summed E-state index contributed by atoms with van der Waals surface area (Å²) in [6.07, 6.45) is 8.03. The second kappa shape index (κ2) is 10.1. The van der Waals surface area contributed by atoms with Crippen molar-refractivity contribution in [1.82, 2.24) is 9.80 Å². The molecule has 2 aromatic rings. The van der Waals surface area contributed by atoms with Crippen molar-refractivity contribution in [3.05, 3.63) is 96.1 Å². The average Bonchev–Trinajstić information content (AvgIpc) is 3.64. The molecule has 4 N–H and O–H groups in total. The predicted octanol–water partition coefficient (Wildman–Crippen LogP) is 2.22. The number of hydrogen-bond donors (Lipinski definition) is 4. The maximum atomic E-state index is 13.6. The number of benzene rings is 2. The van der Waals surface area contributed by atoms with Crippen LogP contribution in [-0.4, -0.2) is 110 Å². The van der Waals surface area contributed by atoms with Crippen LogP contribution in [0, 0.1) is 0 Å². The van der Waals surface area contributed by atoms with Crippen LogP contribution in [0.25, 0.3) is 0 Å². The smallest absolute Gasteiger partial charge is 0.482 e. The fraction of sp³-hybridized carbons (Fsp3) is 0.462. The normalized spacial score (nSPS) is 40.6. The Labute approximate surface area is 289 Å². The van der Waals surface area contributed by atoms with Crippen molar-refractivity contribution in [2.75, 3.05) is 26.2 Å². The lowest BCUT2D eigenvalue weighted by atomic mass is 9.50. The largest absolute Gasteiger partial charge is 0.519 e. The molecular formula is C39H40N2O9. The fourth-order valence-electron chi connectivity index (χ4n) is 11.4. The van der Waals surface area contributed by atoms with E-state index < -0.39 is 52.6 Å². The molecular weight excluding hydrogens is 640 g/mol. The maximum Gasteiger partial charge on any atom is 0.519 e. The number of aliphatic hydroxyl groups excluding tert-OH is 2. The van der Waals surface area contributed by atoms with Gasteiger partial charge in [-0.1, -0.05) is 48.6 Å². The standard InChI is InChI=1S/C39H40N2O9/c1-3-15-40-17-13-36-29-21-5-7-25(31(29)49-33(36)23(42)9-11-38(36,45)27(40)19-21)47-35(44)48-26-8-6-22-20-28-39(46)12-10-24(43)34-37(39,30(22)32(26)50-34)14-18-41(28)16-4-2/h3-12,23-24,27-28,33-34,42-43,45-46H,1-2,13-20H2/t23-,24-,27+,28?,33-,34-,36-,37-,38+,39+/m0/s1. The van der Waals surface area contributed by atoms with E-state index >= 15 is 0 Å². The monoisotopic (exact) mass is 680 g/mol. The quantitative estimate of drug-likeness (QED) is 0.203. The van der Waals surface area contributed by atoms with Gasteiger partial charge in [0.2, 0.25) is 0 Å². The Hall–Kier alpha value is -3.97. The van der Waals surface area contributed by atoms with Crippen molar-refractivity contribution in [2.24, 2.45) is 0 Å². The molecule has 0 aromatic heterocycles. The first kappa shape index (κ1) is 30.8. The van der Waals surface area contributed by atoms with E-state index in [-0.39, 0.29) is 23.6 Å². The summed E-state index contributed by atoms with van der Waals surface area (Å²) in [5, 5.41) is 47.1. The van der Waals surface area contributed by atoms with E-state index in [0.29, 0.717) is 63.4 Å². The van der Waals surface area contributed by atoms with Crippen LogP contribution in [0.4, 0.5) is 4.79 Å². The molecule has 11 heteroatoms. The predicted molar refractivity (Wildman–Crippen MR) is 180 cm³/mol. The van der Waals surface area contributed by atoms with Gasteiger partial charge in [0.05, 0.1) is 10.8 Å². The lowest BCUT2D eigenvalue weighted by molar-refractivity contribution is -0.154. The molecule has 2 fully saturated rings. The van der Waals surface area contributed by atoms with Gasteiger partial charge in [0.25, 0.3) is 0 Å². The van der Waals surface area contributed by atoms with Gasteiger partial charge in [-0.3, -0.25) is 9.80 Å². The first-order valence-electron chi connectivity index (χ1n) is 17.6. The second-order valence-corrected chi connectivity index (χ2v) is 15.2.